The van der Waals surface area contributed by atoms with Gasteiger partial charge < -0.3 is 4.74 Å². The fourth-order valence-electron chi connectivity index (χ4n) is 2.60. The molecule has 0 N–H and O–H groups in total. The molecule has 0 spiro atoms. The van der Waals surface area contributed by atoms with Crippen molar-refractivity contribution >= 4 is 5.78 Å². The van der Waals surface area contributed by atoms with Crippen LogP contribution in [0.3, 0.4) is 0 Å². The van der Waals surface area contributed by atoms with Crippen LogP contribution in [-0.4, -0.2) is 42.5 Å². The minimum absolute atomic E-state index is 0.153. The molecule has 1 fully saturated rings. The zero-order valence-electron chi connectivity index (χ0n) is 13.0. The van der Waals surface area contributed by atoms with Gasteiger partial charge in [0.25, 0.3) is 0 Å². The standard InChI is InChI=1S/C17H25NO2/c1-13(2)14-5-7-15(8-6-14)16(19)11-18-9-10-20-17(3,4)12-18/h5-8,13H,9-12H2,1-4H3. The summed E-state index contributed by atoms with van der Waals surface area (Å²) in [4.78, 5) is 14.5. The van der Waals surface area contributed by atoms with E-state index in [0.717, 1.165) is 18.7 Å². The lowest BCUT2D eigenvalue weighted by atomic mass is 10.00. The minimum atomic E-state index is -0.153. The van der Waals surface area contributed by atoms with Crippen LogP contribution in [0.2, 0.25) is 0 Å². The molecule has 0 aromatic heterocycles. The molecule has 0 amide bonds. The van der Waals surface area contributed by atoms with E-state index in [2.05, 4.69) is 44.7 Å². The molecule has 1 aliphatic rings. The summed E-state index contributed by atoms with van der Waals surface area (Å²) < 4.78 is 5.67. The maximum atomic E-state index is 12.3. The van der Waals surface area contributed by atoms with Gasteiger partial charge in [0.05, 0.1) is 18.8 Å². The second kappa shape index (κ2) is 6.06. The Morgan fingerprint density at radius 3 is 2.50 bits per heavy atom. The zero-order valence-corrected chi connectivity index (χ0v) is 13.0. The van der Waals surface area contributed by atoms with Crippen LogP contribution in [0, 0.1) is 0 Å². The number of rotatable bonds is 4. The lowest BCUT2D eigenvalue weighted by Crippen LogP contribution is -2.49. The Kier molecular flexibility index (Phi) is 4.61. The molecule has 2 rings (SSSR count). The molecule has 1 heterocycles. The number of benzene rings is 1. The van der Waals surface area contributed by atoms with E-state index >= 15 is 0 Å². The van der Waals surface area contributed by atoms with Crippen LogP contribution in [0.25, 0.3) is 0 Å². The van der Waals surface area contributed by atoms with Crippen molar-refractivity contribution in [2.45, 2.75) is 39.2 Å². The SMILES string of the molecule is CC(C)c1ccc(C(=O)CN2CCOC(C)(C)C2)cc1. The number of carbonyl (C=O) groups is 1. The lowest BCUT2D eigenvalue weighted by Gasteiger charge is -2.37. The van der Waals surface area contributed by atoms with Crippen molar-refractivity contribution in [1.29, 1.82) is 0 Å². The lowest BCUT2D eigenvalue weighted by molar-refractivity contribution is -0.0833. The Morgan fingerprint density at radius 1 is 1.30 bits per heavy atom. The Labute approximate surface area is 121 Å². The maximum Gasteiger partial charge on any atom is 0.176 e. The van der Waals surface area contributed by atoms with Crippen molar-refractivity contribution in [3.8, 4) is 0 Å². The third-order valence-electron chi connectivity index (χ3n) is 3.77. The van der Waals surface area contributed by atoms with Gasteiger partial charge in [0, 0.05) is 18.7 Å². The van der Waals surface area contributed by atoms with E-state index in [0.29, 0.717) is 19.1 Å². The van der Waals surface area contributed by atoms with E-state index in [4.69, 9.17) is 4.74 Å². The monoisotopic (exact) mass is 275 g/mol. The van der Waals surface area contributed by atoms with Gasteiger partial charge in [-0.15, -0.1) is 0 Å². The van der Waals surface area contributed by atoms with Gasteiger partial charge in [-0.25, -0.2) is 0 Å². The molecule has 0 saturated carbocycles. The molecular formula is C17H25NO2. The summed E-state index contributed by atoms with van der Waals surface area (Å²) >= 11 is 0. The normalized spacial score (nSPS) is 19.2. The molecule has 0 atom stereocenters. The molecule has 3 nitrogen and oxygen atoms in total. The molecule has 0 unspecified atom stereocenters. The molecule has 1 saturated heterocycles. The van der Waals surface area contributed by atoms with E-state index in [9.17, 15) is 4.79 Å². The van der Waals surface area contributed by atoms with Gasteiger partial charge in [0.2, 0.25) is 0 Å². The maximum absolute atomic E-state index is 12.3. The first-order valence-corrected chi connectivity index (χ1v) is 7.37. The zero-order chi connectivity index (χ0) is 14.8. The summed E-state index contributed by atoms with van der Waals surface area (Å²) in [6.07, 6.45) is 0. The van der Waals surface area contributed by atoms with Gasteiger partial charge in [0.1, 0.15) is 0 Å². The Hall–Kier alpha value is -1.19. The molecule has 0 radical (unpaired) electrons. The van der Waals surface area contributed by atoms with Crippen LogP contribution >= 0.6 is 0 Å². The van der Waals surface area contributed by atoms with Crippen LogP contribution < -0.4 is 0 Å². The average Bonchev–Trinajstić information content (AvgIpc) is 2.37. The summed E-state index contributed by atoms with van der Waals surface area (Å²) in [6, 6.07) is 8.01. The second-order valence-corrected chi connectivity index (χ2v) is 6.52. The molecule has 1 aliphatic heterocycles. The van der Waals surface area contributed by atoms with Crippen molar-refractivity contribution in [3.05, 3.63) is 35.4 Å². The van der Waals surface area contributed by atoms with Gasteiger partial charge >= 0.3 is 0 Å². The predicted octanol–water partition coefficient (Wildman–Crippen LogP) is 3.10. The van der Waals surface area contributed by atoms with Crippen LogP contribution in [0.15, 0.2) is 24.3 Å². The summed E-state index contributed by atoms with van der Waals surface area (Å²) in [6.45, 7) is 11.3. The molecule has 110 valence electrons. The highest BCUT2D eigenvalue weighted by Gasteiger charge is 2.28. The fourth-order valence-corrected chi connectivity index (χ4v) is 2.60. The number of Topliss-reactive ketones (excluding diaryl/α,β-unsaturated/α-hetero) is 1. The van der Waals surface area contributed by atoms with Gasteiger partial charge in [-0.3, -0.25) is 9.69 Å². The Morgan fingerprint density at radius 2 is 1.95 bits per heavy atom. The first-order chi connectivity index (χ1) is 9.37. The van der Waals surface area contributed by atoms with Crippen LogP contribution in [-0.2, 0) is 4.74 Å². The number of nitrogens with zero attached hydrogens (tertiary/aromatic N) is 1. The average molecular weight is 275 g/mol. The van der Waals surface area contributed by atoms with Gasteiger partial charge in [-0.05, 0) is 25.3 Å². The van der Waals surface area contributed by atoms with Crippen molar-refractivity contribution in [2.24, 2.45) is 0 Å². The quantitative estimate of drug-likeness (QED) is 0.791. The third kappa shape index (κ3) is 3.90. The van der Waals surface area contributed by atoms with E-state index in [1.807, 2.05) is 12.1 Å². The van der Waals surface area contributed by atoms with Gasteiger partial charge in [-0.1, -0.05) is 38.1 Å². The molecule has 1 aromatic carbocycles. The van der Waals surface area contributed by atoms with E-state index in [1.165, 1.54) is 5.56 Å². The van der Waals surface area contributed by atoms with Crippen molar-refractivity contribution in [3.63, 3.8) is 0 Å². The van der Waals surface area contributed by atoms with Crippen molar-refractivity contribution in [1.82, 2.24) is 4.90 Å². The highest BCUT2D eigenvalue weighted by molar-refractivity contribution is 5.97. The first-order valence-electron chi connectivity index (χ1n) is 7.37. The number of carbonyl (C=O) groups excluding carboxylic acids is 1. The van der Waals surface area contributed by atoms with Crippen LogP contribution in [0.1, 0.15) is 49.5 Å². The largest absolute Gasteiger partial charge is 0.373 e. The van der Waals surface area contributed by atoms with E-state index in [-0.39, 0.29) is 11.4 Å². The summed E-state index contributed by atoms with van der Waals surface area (Å²) in [5, 5.41) is 0. The third-order valence-corrected chi connectivity index (χ3v) is 3.77. The molecule has 0 aliphatic carbocycles. The Balaban J connectivity index is 1.97. The number of hydrogen-bond donors (Lipinski definition) is 0. The molecular weight excluding hydrogens is 250 g/mol. The summed E-state index contributed by atoms with van der Waals surface area (Å²) in [7, 11) is 0. The Bertz CT molecular complexity index is 462. The summed E-state index contributed by atoms with van der Waals surface area (Å²) in [5.74, 6) is 0.692. The predicted molar refractivity (Wildman–Crippen MR) is 81.3 cm³/mol. The number of ketones is 1. The molecule has 3 heteroatoms. The number of hydrogen-bond acceptors (Lipinski definition) is 3. The number of ether oxygens (including phenoxy) is 1. The summed E-state index contributed by atoms with van der Waals surface area (Å²) in [5.41, 5.74) is 1.92. The topological polar surface area (TPSA) is 29.5 Å². The molecule has 1 aromatic rings. The second-order valence-electron chi connectivity index (χ2n) is 6.52. The smallest absolute Gasteiger partial charge is 0.176 e. The van der Waals surface area contributed by atoms with Crippen molar-refractivity contribution < 1.29 is 9.53 Å². The minimum Gasteiger partial charge on any atom is -0.373 e. The first kappa shape index (κ1) is 15.2. The van der Waals surface area contributed by atoms with E-state index in [1.54, 1.807) is 0 Å². The van der Waals surface area contributed by atoms with Crippen LogP contribution in [0.4, 0.5) is 0 Å². The molecule has 0 bridgehead atoms. The highest BCUT2D eigenvalue weighted by Crippen LogP contribution is 2.18. The number of morpholine rings is 1. The van der Waals surface area contributed by atoms with Crippen LogP contribution in [0.5, 0.6) is 0 Å². The fraction of sp³-hybridized carbons (Fsp3) is 0.588. The highest BCUT2D eigenvalue weighted by atomic mass is 16.5. The van der Waals surface area contributed by atoms with Gasteiger partial charge in [0.15, 0.2) is 5.78 Å². The van der Waals surface area contributed by atoms with Gasteiger partial charge in [-0.2, -0.15) is 0 Å². The molecule has 20 heavy (non-hydrogen) atoms. The van der Waals surface area contributed by atoms with Crippen molar-refractivity contribution in [2.75, 3.05) is 26.2 Å². The van der Waals surface area contributed by atoms with E-state index < -0.39 is 0 Å².